The molecule has 0 atom stereocenters. The first-order valence-electron chi connectivity index (χ1n) is 8.58. The van der Waals surface area contributed by atoms with Crippen molar-refractivity contribution in [1.29, 1.82) is 0 Å². The minimum absolute atomic E-state index is 0.278. The molecule has 0 saturated carbocycles. The summed E-state index contributed by atoms with van der Waals surface area (Å²) < 4.78 is 0.995. The Bertz CT molecular complexity index is 893. The molecule has 0 bridgehead atoms. The van der Waals surface area contributed by atoms with Gasteiger partial charge in [0.05, 0.1) is 5.69 Å². The van der Waals surface area contributed by atoms with Gasteiger partial charge in [0, 0.05) is 34.5 Å². The number of nitrogens with two attached hydrogens (primary N) is 1. The van der Waals surface area contributed by atoms with Crippen LogP contribution >= 0.6 is 15.9 Å². The van der Waals surface area contributed by atoms with Crippen LogP contribution < -0.4 is 11.1 Å². The van der Waals surface area contributed by atoms with Gasteiger partial charge >= 0.3 is 0 Å². The Morgan fingerprint density at radius 2 is 1.96 bits per heavy atom. The number of aromatic nitrogens is 3. The number of anilines is 2. The van der Waals surface area contributed by atoms with E-state index < -0.39 is 0 Å². The molecule has 0 unspecified atom stereocenters. The second-order valence-corrected chi connectivity index (χ2v) is 7.16. The Morgan fingerprint density at radius 3 is 2.73 bits per heavy atom. The number of hydrogen-bond donors (Lipinski definition) is 2. The summed E-state index contributed by atoms with van der Waals surface area (Å²) in [5, 5.41) is 3.34. The lowest BCUT2D eigenvalue weighted by Crippen LogP contribution is -2.08. The summed E-state index contributed by atoms with van der Waals surface area (Å²) >= 11 is 3.40. The number of rotatable bonds is 6. The highest BCUT2D eigenvalue weighted by molar-refractivity contribution is 9.10. The Balaban J connectivity index is 1.66. The van der Waals surface area contributed by atoms with Crippen molar-refractivity contribution < 1.29 is 0 Å². The van der Waals surface area contributed by atoms with Gasteiger partial charge < -0.3 is 11.1 Å². The van der Waals surface area contributed by atoms with E-state index in [1.165, 1.54) is 11.1 Å². The zero-order chi connectivity index (χ0) is 18.5. The van der Waals surface area contributed by atoms with E-state index >= 15 is 0 Å². The van der Waals surface area contributed by atoms with Crippen molar-refractivity contribution in [2.24, 2.45) is 0 Å². The van der Waals surface area contributed by atoms with Gasteiger partial charge in [0.2, 0.25) is 5.95 Å². The second-order valence-electron chi connectivity index (χ2n) is 6.24. The predicted octanol–water partition coefficient (Wildman–Crippen LogP) is 4.54. The number of halogens is 1. The number of hydrogen-bond acceptors (Lipinski definition) is 5. The normalized spacial score (nSPS) is 10.7. The van der Waals surface area contributed by atoms with Gasteiger partial charge in [0.15, 0.2) is 0 Å². The van der Waals surface area contributed by atoms with Crippen molar-refractivity contribution in [2.75, 3.05) is 17.6 Å². The average Bonchev–Trinajstić information content (AvgIpc) is 2.62. The molecule has 0 aliphatic rings. The lowest BCUT2D eigenvalue weighted by atomic mass is 10.0. The van der Waals surface area contributed by atoms with Gasteiger partial charge in [-0.3, -0.25) is 4.98 Å². The zero-order valence-electron chi connectivity index (χ0n) is 15.0. The first-order valence-corrected chi connectivity index (χ1v) is 9.37. The summed E-state index contributed by atoms with van der Waals surface area (Å²) in [6.45, 7) is 4.99. The highest BCUT2D eigenvalue weighted by Crippen LogP contribution is 2.26. The van der Waals surface area contributed by atoms with Gasteiger partial charge in [0.1, 0.15) is 5.82 Å². The molecule has 3 aromatic rings. The molecule has 0 fully saturated rings. The maximum Gasteiger partial charge on any atom is 0.222 e. The van der Waals surface area contributed by atoms with Crippen LogP contribution in [-0.2, 0) is 6.42 Å². The van der Waals surface area contributed by atoms with Crippen LogP contribution in [0.3, 0.4) is 0 Å². The van der Waals surface area contributed by atoms with Crippen molar-refractivity contribution >= 4 is 27.7 Å². The molecule has 0 spiro atoms. The van der Waals surface area contributed by atoms with Gasteiger partial charge in [-0.2, -0.15) is 4.98 Å². The molecule has 5 nitrogen and oxygen atoms in total. The highest BCUT2D eigenvalue weighted by atomic mass is 79.9. The van der Waals surface area contributed by atoms with Gasteiger partial charge in [-0.1, -0.05) is 18.2 Å². The van der Waals surface area contributed by atoms with Crippen LogP contribution in [0.2, 0.25) is 0 Å². The van der Waals surface area contributed by atoms with E-state index in [4.69, 9.17) is 5.73 Å². The lowest BCUT2D eigenvalue weighted by Gasteiger charge is -2.11. The van der Waals surface area contributed by atoms with Gasteiger partial charge in [-0.15, -0.1) is 0 Å². The molecular formula is C20H22BrN5. The smallest absolute Gasteiger partial charge is 0.222 e. The first kappa shape index (κ1) is 18.3. The highest BCUT2D eigenvalue weighted by Gasteiger charge is 2.08. The molecule has 2 aromatic heterocycles. The van der Waals surface area contributed by atoms with Crippen LogP contribution in [0.4, 0.5) is 11.8 Å². The number of nitrogen functional groups attached to an aromatic ring is 1. The maximum atomic E-state index is 5.92. The number of benzene rings is 1. The van der Waals surface area contributed by atoms with E-state index in [9.17, 15) is 0 Å². The van der Waals surface area contributed by atoms with E-state index in [0.717, 1.165) is 46.6 Å². The van der Waals surface area contributed by atoms with Crippen molar-refractivity contribution in [3.63, 3.8) is 0 Å². The molecule has 6 heteroatoms. The van der Waals surface area contributed by atoms with Gasteiger partial charge in [0.25, 0.3) is 0 Å². The summed E-state index contributed by atoms with van der Waals surface area (Å²) in [6.07, 6.45) is 3.69. The summed E-state index contributed by atoms with van der Waals surface area (Å²) in [4.78, 5) is 13.1. The van der Waals surface area contributed by atoms with Crippen LogP contribution in [0.25, 0.3) is 11.3 Å². The Morgan fingerprint density at radius 1 is 1.12 bits per heavy atom. The van der Waals surface area contributed by atoms with Crippen molar-refractivity contribution in [2.45, 2.75) is 26.7 Å². The quantitative estimate of drug-likeness (QED) is 0.581. The molecule has 0 saturated heterocycles. The lowest BCUT2D eigenvalue weighted by molar-refractivity contribution is 0.832. The zero-order valence-corrected chi connectivity index (χ0v) is 16.5. The van der Waals surface area contributed by atoms with Crippen molar-refractivity contribution in [1.82, 2.24) is 15.0 Å². The standard InChI is InChI=1S/C20H22BrN5/c1-13-5-3-7-17(14(13)2)18-11-19(26-20(22)25-18)23-10-4-6-16-9-8-15(21)12-24-16/h3,5,7-9,11-12H,4,6,10H2,1-2H3,(H3,22,23,25,26). The molecule has 1 aromatic carbocycles. The molecule has 0 radical (unpaired) electrons. The molecule has 2 heterocycles. The second kappa shape index (κ2) is 8.27. The largest absolute Gasteiger partial charge is 0.370 e. The third-order valence-electron chi connectivity index (χ3n) is 4.33. The predicted molar refractivity (Wildman–Crippen MR) is 110 cm³/mol. The molecule has 0 amide bonds. The molecule has 134 valence electrons. The molecule has 3 rings (SSSR count). The Kier molecular flexibility index (Phi) is 5.83. The SMILES string of the molecule is Cc1cccc(-c2cc(NCCCc3ccc(Br)cn3)nc(N)n2)c1C. The Labute approximate surface area is 162 Å². The third-order valence-corrected chi connectivity index (χ3v) is 4.80. The summed E-state index contributed by atoms with van der Waals surface area (Å²) in [6, 6.07) is 12.2. The number of pyridine rings is 1. The van der Waals surface area contributed by atoms with E-state index in [2.05, 4.69) is 62.2 Å². The first-order chi connectivity index (χ1) is 12.5. The third kappa shape index (κ3) is 4.58. The van der Waals surface area contributed by atoms with Gasteiger partial charge in [-0.25, -0.2) is 4.98 Å². The molecule has 3 N–H and O–H groups in total. The minimum Gasteiger partial charge on any atom is -0.370 e. The average molecular weight is 412 g/mol. The van der Waals surface area contributed by atoms with Crippen LogP contribution in [0.5, 0.6) is 0 Å². The monoisotopic (exact) mass is 411 g/mol. The topological polar surface area (TPSA) is 76.7 Å². The van der Waals surface area contributed by atoms with E-state index in [1.54, 1.807) is 0 Å². The van der Waals surface area contributed by atoms with Crippen LogP contribution in [0.15, 0.2) is 47.1 Å². The van der Waals surface area contributed by atoms with Crippen LogP contribution in [-0.4, -0.2) is 21.5 Å². The molecular weight excluding hydrogens is 390 g/mol. The number of nitrogens with zero attached hydrogens (tertiary/aromatic N) is 3. The van der Waals surface area contributed by atoms with Gasteiger partial charge in [-0.05, 0) is 65.9 Å². The van der Waals surface area contributed by atoms with Crippen molar-refractivity contribution in [3.8, 4) is 11.3 Å². The Hall–Kier alpha value is -2.47. The van der Waals surface area contributed by atoms with Crippen LogP contribution in [0.1, 0.15) is 23.2 Å². The summed E-state index contributed by atoms with van der Waals surface area (Å²) in [5.41, 5.74) is 11.4. The van der Waals surface area contributed by atoms with E-state index in [-0.39, 0.29) is 5.95 Å². The fourth-order valence-electron chi connectivity index (χ4n) is 2.76. The number of aryl methyl sites for hydroxylation is 2. The summed E-state index contributed by atoms with van der Waals surface area (Å²) in [5.74, 6) is 1.03. The summed E-state index contributed by atoms with van der Waals surface area (Å²) in [7, 11) is 0. The molecule has 0 aliphatic carbocycles. The minimum atomic E-state index is 0.278. The fraction of sp³-hybridized carbons (Fsp3) is 0.250. The molecule has 0 aliphatic heterocycles. The fourth-order valence-corrected chi connectivity index (χ4v) is 3.00. The maximum absolute atomic E-state index is 5.92. The number of nitrogens with one attached hydrogen (secondary N) is 1. The van der Waals surface area contributed by atoms with Crippen molar-refractivity contribution in [3.05, 3.63) is 63.9 Å². The van der Waals surface area contributed by atoms with E-state index in [1.807, 2.05) is 30.5 Å². The van der Waals surface area contributed by atoms with Crippen LogP contribution in [0, 0.1) is 13.8 Å². The molecule has 26 heavy (non-hydrogen) atoms. The van der Waals surface area contributed by atoms with E-state index in [0.29, 0.717) is 0 Å².